The monoisotopic (exact) mass is 1060 g/mol. The molecule has 26 nitrogen and oxygen atoms in total. The number of carbonyl (C=O) groups excluding carboxylic acids is 10. The zero-order chi connectivity index (χ0) is 55.6. The van der Waals surface area contributed by atoms with Crippen LogP contribution in [0.4, 0.5) is 4.79 Å². The number of nitrogens with one attached hydrogen (secondary N) is 10. The third-order valence-corrected chi connectivity index (χ3v) is 12.4. The van der Waals surface area contributed by atoms with Crippen LogP contribution in [0.1, 0.15) is 88.7 Å². The van der Waals surface area contributed by atoms with E-state index in [4.69, 9.17) is 28.7 Å². The van der Waals surface area contributed by atoms with E-state index in [1.165, 1.54) is 6.92 Å². The van der Waals surface area contributed by atoms with Gasteiger partial charge in [-0.25, -0.2) is 4.79 Å². The highest BCUT2D eigenvalue weighted by Gasteiger charge is 2.35. The van der Waals surface area contributed by atoms with Crippen LogP contribution in [0.3, 0.4) is 0 Å². The Balaban J connectivity index is 1.78. The molecule has 1 aliphatic rings. The number of aromatic amines is 1. The largest absolute Gasteiger partial charge is 0.370 e. The van der Waals surface area contributed by atoms with E-state index in [1.807, 2.05) is 18.2 Å². The molecule has 0 spiro atoms. The maximum atomic E-state index is 14.6. The highest BCUT2D eigenvalue weighted by molar-refractivity contribution is 5.99. The summed E-state index contributed by atoms with van der Waals surface area (Å²) in [5.74, 6) is -7.38. The minimum Gasteiger partial charge on any atom is -0.370 e. The van der Waals surface area contributed by atoms with Crippen LogP contribution in [0, 0.1) is 0 Å². The second-order valence-corrected chi connectivity index (χ2v) is 18.5. The lowest BCUT2D eigenvalue weighted by Crippen LogP contribution is -2.60. The van der Waals surface area contributed by atoms with Crippen LogP contribution in [0.2, 0.25) is 0 Å². The SMILES string of the molecule is CC(=O)N[C@@H](CCCN=C(N)N)C(=O)N[C@H]1CC(=O)NCCCC[C@@H](C(N)=O)NC(=O)[C@H](Cc2c[nH]c3ccccc23)NC(=O)[C@H](CCCNC(N)=O)NC(=O)C(Cc2ccccc2)NC(=O)[C@H](CCCCN)NC1=O. The Labute approximate surface area is 440 Å². The van der Waals surface area contributed by atoms with Crippen molar-refractivity contribution in [3.05, 3.63) is 71.9 Å². The van der Waals surface area contributed by atoms with Crippen molar-refractivity contribution in [2.75, 3.05) is 26.2 Å². The molecule has 0 aliphatic carbocycles. The third kappa shape index (κ3) is 20.9. The van der Waals surface area contributed by atoms with Gasteiger partial charge >= 0.3 is 6.03 Å². The zero-order valence-corrected chi connectivity index (χ0v) is 42.8. The minimum atomic E-state index is -1.62. The minimum absolute atomic E-state index is 0.00122. The molecule has 7 atom stereocenters. The highest BCUT2D eigenvalue weighted by Crippen LogP contribution is 2.20. The number of hydrogen-bond donors (Lipinski definition) is 15. The van der Waals surface area contributed by atoms with E-state index in [9.17, 15) is 47.9 Å². The molecule has 11 amide bonds. The van der Waals surface area contributed by atoms with Gasteiger partial charge < -0.3 is 81.5 Å². The first-order valence-electron chi connectivity index (χ1n) is 25.4. The molecule has 76 heavy (non-hydrogen) atoms. The highest BCUT2D eigenvalue weighted by atomic mass is 16.2. The first-order chi connectivity index (χ1) is 36.3. The van der Waals surface area contributed by atoms with E-state index in [0.29, 0.717) is 24.0 Å². The molecule has 0 radical (unpaired) electrons. The number of urea groups is 1. The van der Waals surface area contributed by atoms with E-state index < -0.39 is 108 Å². The average Bonchev–Trinajstić information content (AvgIpc) is 3.78. The molecular weight excluding hydrogens is 985 g/mol. The van der Waals surface area contributed by atoms with Crippen LogP contribution in [-0.4, -0.2) is 139 Å². The predicted octanol–water partition coefficient (Wildman–Crippen LogP) is -2.83. The van der Waals surface area contributed by atoms with Crippen LogP contribution in [0.5, 0.6) is 0 Å². The number of guanidine groups is 1. The lowest BCUT2D eigenvalue weighted by atomic mass is 10.0. The van der Waals surface area contributed by atoms with Gasteiger partial charge in [-0.05, 0) is 87.9 Å². The van der Waals surface area contributed by atoms with E-state index in [2.05, 4.69) is 57.8 Å². The van der Waals surface area contributed by atoms with Crippen molar-refractivity contribution in [2.45, 2.75) is 133 Å². The first kappa shape index (κ1) is 60.3. The molecule has 1 unspecified atom stereocenters. The van der Waals surface area contributed by atoms with E-state index in [0.717, 1.165) is 10.9 Å². The number of para-hydroxylation sites is 1. The molecule has 0 saturated carbocycles. The standard InChI is InChI=1S/C50H74N16O10/c1-29(67)60-35(19-11-23-57-49(53)54)43(70)66-40-27-41(68)56-22-10-8-17-34(42(52)69)61-47(74)39(26-31-28-59-33-16-6-5-15-32(31)33)65-45(72)37(20-12-24-58-50(55)76)63-46(73)38(25-30-13-3-2-4-14-30)64-44(71)36(62-48(40)75)18-7-9-21-51/h2-6,13-16,28,34-40,59H,7-12,17-27,51H2,1H3,(H2,52,69)(H,56,68)(H,60,67)(H,61,74)(H,62,75)(H,63,73)(H,64,71)(H,65,72)(H,66,70)(H4,53,54,57)(H3,55,58,76)/t34-,35-,36-,37-,38?,39-,40-/m0/s1. The summed E-state index contributed by atoms with van der Waals surface area (Å²) in [5, 5.41) is 24.5. The summed E-state index contributed by atoms with van der Waals surface area (Å²) >= 11 is 0. The number of hydrogen-bond acceptors (Lipinski definition) is 12. The van der Waals surface area contributed by atoms with Gasteiger partial charge in [-0.15, -0.1) is 0 Å². The Kier molecular flexibility index (Phi) is 24.9. The lowest BCUT2D eigenvalue weighted by molar-refractivity contribution is -0.136. The summed E-state index contributed by atoms with van der Waals surface area (Å²) in [4.78, 5) is 144. The fourth-order valence-electron chi connectivity index (χ4n) is 8.44. The van der Waals surface area contributed by atoms with Crippen molar-refractivity contribution in [2.24, 2.45) is 33.7 Å². The lowest BCUT2D eigenvalue weighted by Gasteiger charge is -2.28. The molecule has 2 aromatic carbocycles. The number of aromatic nitrogens is 1. The van der Waals surface area contributed by atoms with Crippen LogP contribution < -0.4 is 76.5 Å². The molecule has 20 N–H and O–H groups in total. The number of benzene rings is 2. The van der Waals surface area contributed by atoms with Crippen LogP contribution in [0.15, 0.2) is 65.8 Å². The van der Waals surface area contributed by atoms with Crippen molar-refractivity contribution in [3.63, 3.8) is 0 Å². The number of nitrogens with two attached hydrogens (primary N) is 5. The van der Waals surface area contributed by atoms with Crippen molar-refractivity contribution < 1.29 is 47.9 Å². The van der Waals surface area contributed by atoms with Crippen LogP contribution >= 0.6 is 0 Å². The van der Waals surface area contributed by atoms with Gasteiger partial charge in [-0.1, -0.05) is 48.5 Å². The molecular formula is C50H74N16O10. The summed E-state index contributed by atoms with van der Waals surface area (Å²) in [6.07, 6.45) is 2.35. The molecule has 1 saturated heterocycles. The van der Waals surface area contributed by atoms with Gasteiger partial charge in [0.05, 0.1) is 6.42 Å². The van der Waals surface area contributed by atoms with Crippen molar-refractivity contribution in [1.29, 1.82) is 0 Å². The van der Waals surface area contributed by atoms with Crippen molar-refractivity contribution in [1.82, 2.24) is 52.8 Å². The number of fused-ring (bicyclic) bond motifs is 1. The van der Waals surface area contributed by atoms with Crippen molar-refractivity contribution >= 4 is 76.1 Å². The number of carbonyl (C=O) groups is 10. The fraction of sp³-hybridized carbons (Fsp3) is 0.500. The fourth-order valence-corrected chi connectivity index (χ4v) is 8.44. The second-order valence-electron chi connectivity index (χ2n) is 18.5. The predicted molar refractivity (Wildman–Crippen MR) is 282 cm³/mol. The molecule has 0 bridgehead atoms. The zero-order valence-electron chi connectivity index (χ0n) is 42.8. The molecule has 26 heteroatoms. The van der Waals surface area contributed by atoms with Gasteiger partial charge in [0.25, 0.3) is 0 Å². The number of rotatable bonds is 20. The van der Waals surface area contributed by atoms with E-state index in [-0.39, 0.29) is 96.3 Å². The smallest absolute Gasteiger partial charge is 0.312 e. The first-order valence-corrected chi connectivity index (χ1v) is 25.4. The summed E-state index contributed by atoms with van der Waals surface area (Å²) in [7, 11) is 0. The van der Waals surface area contributed by atoms with Gasteiger partial charge in [0, 0.05) is 56.5 Å². The molecule has 1 fully saturated rings. The molecule has 1 aromatic heterocycles. The van der Waals surface area contributed by atoms with Gasteiger partial charge in [0.2, 0.25) is 53.2 Å². The average molecular weight is 1060 g/mol. The number of amides is 11. The summed E-state index contributed by atoms with van der Waals surface area (Å²) < 4.78 is 0. The Morgan fingerprint density at radius 3 is 1.99 bits per heavy atom. The third-order valence-electron chi connectivity index (χ3n) is 12.4. The summed E-state index contributed by atoms with van der Waals surface area (Å²) in [6, 6.07) is 5.49. The topological polar surface area (TPSA) is 437 Å². The van der Waals surface area contributed by atoms with Crippen molar-refractivity contribution in [3.8, 4) is 0 Å². The van der Waals surface area contributed by atoms with Crippen LogP contribution in [0.25, 0.3) is 10.9 Å². The van der Waals surface area contributed by atoms with Gasteiger partial charge in [0.15, 0.2) is 5.96 Å². The Bertz CT molecular complexity index is 2500. The molecule has 2 heterocycles. The number of unbranched alkanes of at least 4 members (excludes halogenated alkanes) is 1. The van der Waals surface area contributed by atoms with Gasteiger partial charge in [-0.3, -0.25) is 48.1 Å². The van der Waals surface area contributed by atoms with E-state index in [1.54, 1.807) is 42.6 Å². The van der Waals surface area contributed by atoms with Gasteiger partial charge in [0.1, 0.15) is 42.3 Å². The molecule has 414 valence electrons. The summed E-state index contributed by atoms with van der Waals surface area (Å²) in [6.45, 7) is 1.56. The van der Waals surface area contributed by atoms with E-state index >= 15 is 0 Å². The number of aliphatic imine (C=N–C) groups is 1. The second kappa shape index (κ2) is 31.4. The maximum Gasteiger partial charge on any atom is 0.312 e. The quantitative estimate of drug-likeness (QED) is 0.0309. The molecule has 4 rings (SSSR count). The van der Waals surface area contributed by atoms with Gasteiger partial charge in [-0.2, -0.15) is 0 Å². The molecule has 1 aliphatic heterocycles. The normalized spacial score (nSPS) is 21.0. The Hall–Kier alpha value is -8.29. The number of primary amides is 2. The summed E-state index contributed by atoms with van der Waals surface area (Å²) in [5.41, 5.74) is 29.8. The van der Waals surface area contributed by atoms with Crippen LogP contribution in [-0.2, 0) is 56.0 Å². The molecule has 3 aromatic rings. The Morgan fingerprint density at radius 2 is 1.33 bits per heavy atom. The number of H-pyrrole nitrogens is 1. The maximum absolute atomic E-state index is 14.6. The Morgan fingerprint density at radius 1 is 0.711 bits per heavy atom. The number of nitrogens with zero attached hydrogens (tertiary/aromatic N) is 1.